The Morgan fingerprint density at radius 3 is 2.85 bits per heavy atom. The minimum absolute atomic E-state index is 0.112. The third-order valence-corrected chi connectivity index (χ3v) is 2.89. The monoisotopic (exact) mass is 184 g/mol. The summed E-state index contributed by atoms with van der Waals surface area (Å²) in [5, 5.41) is 12.8. The van der Waals surface area contributed by atoms with Gasteiger partial charge in [-0.1, -0.05) is 0 Å². The maximum Gasteiger partial charge on any atom is 0.225 e. The quantitative estimate of drug-likeness (QED) is 0.587. The number of piperidine rings is 1. The molecule has 2 aliphatic rings. The Hall–Kier alpha value is -0.610. The highest BCUT2D eigenvalue weighted by atomic mass is 16.3. The van der Waals surface area contributed by atoms with Crippen molar-refractivity contribution in [3.8, 4) is 0 Å². The van der Waals surface area contributed by atoms with Crippen molar-refractivity contribution in [2.75, 3.05) is 13.1 Å². The molecule has 0 aromatic rings. The van der Waals surface area contributed by atoms with Crippen LogP contribution in [-0.2, 0) is 4.79 Å². The molecular formula is C9H16N2O2. The zero-order chi connectivity index (χ0) is 9.26. The van der Waals surface area contributed by atoms with Gasteiger partial charge in [-0.05, 0) is 19.4 Å². The first-order chi connectivity index (χ1) is 6.29. The highest BCUT2D eigenvalue weighted by Crippen LogP contribution is 2.22. The van der Waals surface area contributed by atoms with E-state index < -0.39 is 6.23 Å². The third kappa shape index (κ3) is 1.69. The van der Waals surface area contributed by atoms with E-state index in [1.807, 2.05) is 0 Å². The Balaban J connectivity index is 2.00. The molecule has 0 saturated carbocycles. The lowest BCUT2D eigenvalue weighted by Gasteiger charge is -2.33. The van der Waals surface area contributed by atoms with Crippen molar-refractivity contribution in [1.82, 2.24) is 10.2 Å². The minimum Gasteiger partial charge on any atom is -0.373 e. The van der Waals surface area contributed by atoms with E-state index in [9.17, 15) is 9.90 Å². The summed E-state index contributed by atoms with van der Waals surface area (Å²) in [6.07, 6.45) is 2.71. The number of likely N-dealkylation sites (tertiary alicyclic amines) is 1. The lowest BCUT2D eigenvalue weighted by molar-refractivity contribution is -0.137. The molecule has 0 aromatic heterocycles. The van der Waals surface area contributed by atoms with E-state index in [-0.39, 0.29) is 11.9 Å². The largest absolute Gasteiger partial charge is 0.373 e. The van der Waals surface area contributed by atoms with Crippen LogP contribution >= 0.6 is 0 Å². The molecule has 13 heavy (non-hydrogen) atoms. The second-order valence-corrected chi connectivity index (χ2v) is 3.82. The van der Waals surface area contributed by atoms with E-state index in [4.69, 9.17) is 0 Å². The van der Waals surface area contributed by atoms with Crippen LogP contribution in [0.4, 0.5) is 0 Å². The van der Waals surface area contributed by atoms with Gasteiger partial charge in [-0.2, -0.15) is 0 Å². The van der Waals surface area contributed by atoms with E-state index in [1.165, 1.54) is 0 Å². The average molecular weight is 184 g/mol. The maximum atomic E-state index is 11.4. The van der Waals surface area contributed by atoms with Crippen LogP contribution in [0, 0.1) is 0 Å². The van der Waals surface area contributed by atoms with Crippen LogP contribution in [0.1, 0.15) is 25.7 Å². The number of aliphatic hydroxyl groups excluding tert-OH is 1. The van der Waals surface area contributed by atoms with Gasteiger partial charge in [0.15, 0.2) is 0 Å². The molecule has 2 rings (SSSR count). The molecule has 0 radical (unpaired) electrons. The SMILES string of the molecule is O=C1CCC(O)N1[C@@H]1CCCNC1. The number of hydrogen-bond acceptors (Lipinski definition) is 3. The van der Waals surface area contributed by atoms with Crippen molar-refractivity contribution in [3.05, 3.63) is 0 Å². The molecule has 1 unspecified atom stereocenters. The standard InChI is InChI=1S/C9H16N2O2/c12-8-3-4-9(13)11(8)7-2-1-5-10-6-7/h7-8,10,12H,1-6H2/t7-,8?/m1/s1. The molecule has 0 aromatic carbocycles. The second-order valence-electron chi connectivity index (χ2n) is 3.82. The molecule has 2 atom stereocenters. The summed E-state index contributed by atoms with van der Waals surface area (Å²) in [6, 6.07) is 0.221. The van der Waals surface area contributed by atoms with Gasteiger partial charge in [0.05, 0.1) is 0 Å². The number of carbonyl (C=O) groups is 1. The van der Waals surface area contributed by atoms with E-state index in [1.54, 1.807) is 4.90 Å². The summed E-state index contributed by atoms with van der Waals surface area (Å²) in [7, 11) is 0. The van der Waals surface area contributed by atoms with Gasteiger partial charge >= 0.3 is 0 Å². The number of rotatable bonds is 1. The molecule has 0 aliphatic carbocycles. The van der Waals surface area contributed by atoms with Gasteiger partial charge in [-0.15, -0.1) is 0 Å². The average Bonchev–Trinajstić information content (AvgIpc) is 2.48. The molecule has 2 saturated heterocycles. The van der Waals surface area contributed by atoms with Crippen molar-refractivity contribution in [2.24, 2.45) is 0 Å². The number of nitrogens with one attached hydrogen (secondary N) is 1. The van der Waals surface area contributed by atoms with Crippen LogP contribution in [-0.4, -0.2) is 41.3 Å². The zero-order valence-electron chi connectivity index (χ0n) is 7.70. The third-order valence-electron chi connectivity index (χ3n) is 2.89. The topological polar surface area (TPSA) is 52.6 Å². The Kier molecular flexibility index (Phi) is 2.51. The molecule has 1 amide bonds. The summed E-state index contributed by atoms with van der Waals surface area (Å²) >= 11 is 0. The molecule has 2 heterocycles. The first-order valence-electron chi connectivity index (χ1n) is 4.99. The minimum atomic E-state index is -0.530. The van der Waals surface area contributed by atoms with Gasteiger partial charge < -0.3 is 15.3 Å². The van der Waals surface area contributed by atoms with Crippen molar-refractivity contribution in [1.29, 1.82) is 0 Å². The van der Waals surface area contributed by atoms with Gasteiger partial charge in [0, 0.05) is 25.4 Å². The Morgan fingerprint density at radius 1 is 1.46 bits per heavy atom. The van der Waals surface area contributed by atoms with Gasteiger partial charge in [0.1, 0.15) is 6.23 Å². The van der Waals surface area contributed by atoms with Crippen LogP contribution < -0.4 is 5.32 Å². The van der Waals surface area contributed by atoms with E-state index in [0.717, 1.165) is 25.9 Å². The summed E-state index contributed by atoms with van der Waals surface area (Å²) in [5.74, 6) is 0.112. The van der Waals surface area contributed by atoms with Crippen molar-refractivity contribution in [3.63, 3.8) is 0 Å². The number of hydrogen-bond donors (Lipinski definition) is 2. The van der Waals surface area contributed by atoms with Gasteiger partial charge in [-0.25, -0.2) is 0 Å². The highest BCUT2D eigenvalue weighted by molar-refractivity contribution is 5.78. The Bertz CT molecular complexity index is 202. The fraction of sp³-hybridized carbons (Fsp3) is 0.889. The molecular weight excluding hydrogens is 168 g/mol. The van der Waals surface area contributed by atoms with Crippen LogP contribution in [0.2, 0.25) is 0 Å². The summed E-state index contributed by atoms with van der Waals surface area (Å²) in [5.41, 5.74) is 0. The molecule has 2 N–H and O–H groups in total. The smallest absolute Gasteiger partial charge is 0.225 e. The van der Waals surface area contributed by atoms with Crippen molar-refractivity contribution < 1.29 is 9.90 Å². The van der Waals surface area contributed by atoms with Crippen LogP contribution in [0.15, 0.2) is 0 Å². The molecule has 4 heteroatoms. The lowest BCUT2D eigenvalue weighted by atomic mass is 10.1. The normalized spacial score (nSPS) is 35.5. The Morgan fingerprint density at radius 2 is 2.31 bits per heavy atom. The van der Waals surface area contributed by atoms with Crippen LogP contribution in [0.3, 0.4) is 0 Å². The van der Waals surface area contributed by atoms with Crippen molar-refractivity contribution >= 4 is 5.91 Å². The molecule has 4 nitrogen and oxygen atoms in total. The summed E-state index contributed by atoms with van der Waals surface area (Å²) in [6.45, 7) is 1.87. The number of carbonyl (C=O) groups excluding carboxylic acids is 1. The Labute approximate surface area is 77.9 Å². The molecule has 74 valence electrons. The lowest BCUT2D eigenvalue weighted by Crippen LogP contribution is -2.49. The van der Waals surface area contributed by atoms with Gasteiger partial charge in [-0.3, -0.25) is 4.79 Å². The first kappa shape index (κ1) is 8.97. The van der Waals surface area contributed by atoms with E-state index in [0.29, 0.717) is 12.8 Å². The summed E-state index contributed by atoms with van der Waals surface area (Å²) < 4.78 is 0. The highest BCUT2D eigenvalue weighted by Gasteiger charge is 2.35. The predicted octanol–water partition coefficient (Wildman–Crippen LogP) is -0.321. The van der Waals surface area contributed by atoms with E-state index >= 15 is 0 Å². The molecule has 2 fully saturated rings. The van der Waals surface area contributed by atoms with Crippen molar-refractivity contribution in [2.45, 2.75) is 38.0 Å². The number of amides is 1. The second kappa shape index (κ2) is 3.64. The molecule has 2 aliphatic heterocycles. The summed E-state index contributed by atoms with van der Waals surface area (Å²) in [4.78, 5) is 13.1. The van der Waals surface area contributed by atoms with E-state index in [2.05, 4.69) is 5.32 Å². The molecule has 0 bridgehead atoms. The van der Waals surface area contributed by atoms with Crippen LogP contribution in [0.5, 0.6) is 0 Å². The van der Waals surface area contributed by atoms with Crippen LogP contribution in [0.25, 0.3) is 0 Å². The predicted molar refractivity (Wildman–Crippen MR) is 48.0 cm³/mol. The van der Waals surface area contributed by atoms with Gasteiger partial charge in [0.2, 0.25) is 5.91 Å². The number of nitrogens with zero attached hydrogens (tertiary/aromatic N) is 1. The fourth-order valence-corrected chi connectivity index (χ4v) is 2.20. The fourth-order valence-electron chi connectivity index (χ4n) is 2.20. The molecule has 0 spiro atoms. The zero-order valence-corrected chi connectivity index (χ0v) is 7.70. The maximum absolute atomic E-state index is 11.4. The van der Waals surface area contributed by atoms with Gasteiger partial charge in [0.25, 0.3) is 0 Å². The number of aliphatic hydroxyl groups is 1. The first-order valence-corrected chi connectivity index (χ1v) is 4.99.